The minimum atomic E-state index is -0.743. The summed E-state index contributed by atoms with van der Waals surface area (Å²) in [5, 5.41) is 17.0. The first-order valence-corrected chi connectivity index (χ1v) is 12.0. The summed E-state index contributed by atoms with van der Waals surface area (Å²) < 4.78 is 5.73. The molecule has 3 aromatic carbocycles. The third kappa shape index (κ3) is 5.09. The second-order valence-electron chi connectivity index (χ2n) is 8.90. The zero-order valence-electron chi connectivity index (χ0n) is 20.1. The Labute approximate surface area is 216 Å². The molecule has 0 saturated carbocycles. The quantitative estimate of drug-likeness (QED) is 0.455. The van der Waals surface area contributed by atoms with Gasteiger partial charge < -0.3 is 25.4 Å². The van der Waals surface area contributed by atoms with Gasteiger partial charge in [-0.25, -0.2) is 0 Å². The van der Waals surface area contributed by atoms with Gasteiger partial charge in [0.05, 0.1) is 24.8 Å². The minimum absolute atomic E-state index is 0. The summed E-state index contributed by atoms with van der Waals surface area (Å²) in [6, 6.07) is 20.9. The number of hydrogen-bond donors (Lipinski definition) is 3. The van der Waals surface area contributed by atoms with Crippen LogP contribution in [0.4, 0.5) is 5.69 Å². The average Bonchev–Trinajstić information content (AvgIpc) is 3.22. The molecule has 2 heterocycles. The molecule has 2 aliphatic rings. The molecule has 0 unspecified atom stereocenters. The third-order valence-electron chi connectivity index (χ3n) is 6.67. The van der Waals surface area contributed by atoms with Crippen LogP contribution in [-0.4, -0.2) is 42.2 Å². The maximum atomic E-state index is 13.1. The number of nitrogens with zero attached hydrogens (tertiary/aromatic N) is 1. The molecule has 2 amide bonds. The number of para-hydroxylation sites is 1. The number of benzene rings is 3. The van der Waals surface area contributed by atoms with Crippen molar-refractivity contribution in [2.24, 2.45) is 0 Å². The maximum absolute atomic E-state index is 13.1. The van der Waals surface area contributed by atoms with Gasteiger partial charge in [0.25, 0.3) is 11.8 Å². The average molecular weight is 508 g/mol. The van der Waals surface area contributed by atoms with E-state index in [-0.39, 0.29) is 36.8 Å². The lowest BCUT2D eigenvalue weighted by Gasteiger charge is -2.30. The summed E-state index contributed by atoms with van der Waals surface area (Å²) >= 11 is 0. The Morgan fingerprint density at radius 1 is 1.11 bits per heavy atom. The summed E-state index contributed by atoms with van der Waals surface area (Å²) in [5.41, 5.74) is 4.94. The van der Waals surface area contributed by atoms with Crippen molar-refractivity contribution in [1.82, 2.24) is 10.6 Å². The predicted octanol–water partition coefficient (Wildman–Crippen LogP) is 3.47. The Morgan fingerprint density at radius 3 is 2.58 bits per heavy atom. The molecule has 0 fully saturated rings. The Kier molecular flexibility index (Phi) is 7.94. The van der Waals surface area contributed by atoms with Crippen molar-refractivity contribution < 1.29 is 19.4 Å². The Hall–Kier alpha value is -3.39. The number of fused-ring (bicyclic) bond motifs is 2. The van der Waals surface area contributed by atoms with Crippen molar-refractivity contribution >= 4 is 29.9 Å². The van der Waals surface area contributed by atoms with E-state index < -0.39 is 6.10 Å². The molecule has 3 aromatic rings. The van der Waals surface area contributed by atoms with Crippen LogP contribution in [-0.2, 0) is 19.5 Å². The smallest absolute Gasteiger partial charge is 0.259 e. The molecule has 2 aliphatic heterocycles. The molecular formula is C28H30ClN3O4. The molecule has 0 saturated heterocycles. The number of hydrogen-bond acceptors (Lipinski definition) is 5. The monoisotopic (exact) mass is 507 g/mol. The van der Waals surface area contributed by atoms with Crippen molar-refractivity contribution in [1.29, 1.82) is 0 Å². The second kappa shape index (κ2) is 11.1. The molecule has 3 N–H and O–H groups in total. The van der Waals surface area contributed by atoms with E-state index in [9.17, 15) is 14.7 Å². The van der Waals surface area contributed by atoms with Gasteiger partial charge in [-0.15, -0.1) is 12.4 Å². The van der Waals surface area contributed by atoms with Gasteiger partial charge in [-0.1, -0.05) is 42.5 Å². The highest BCUT2D eigenvalue weighted by atomic mass is 35.5. The maximum Gasteiger partial charge on any atom is 0.259 e. The zero-order valence-corrected chi connectivity index (χ0v) is 20.9. The number of amides is 2. The number of rotatable bonds is 7. The molecule has 0 spiro atoms. The van der Waals surface area contributed by atoms with Gasteiger partial charge in [0.1, 0.15) is 5.75 Å². The normalized spacial score (nSPS) is 17.0. The molecule has 7 nitrogen and oxygen atoms in total. The molecule has 8 heteroatoms. The summed E-state index contributed by atoms with van der Waals surface area (Å²) in [5.74, 6) is -0.0819. The zero-order chi connectivity index (χ0) is 24.4. The molecule has 0 radical (unpaired) electrons. The van der Waals surface area contributed by atoms with Crippen LogP contribution in [0.15, 0.2) is 66.7 Å². The topological polar surface area (TPSA) is 90.9 Å². The van der Waals surface area contributed by atoms with E-state index in [1.54, 1.807) is 17.0 Å². The number of aliphatic hydroxyl groups excluding tert-OH is 1. The molecule has 0 aromatic heterocycles. The van der Waals surface area contributed by atoms with Crippen LogP contribution in [0.5, 0.6) is 5.75 Å². The lowest BCUT2D eigenvalue weighted by atomic mass is 9.93. The van der Waals surface area contributed by atoms with Crippen LogP contribution in [0.1, 0.15) is 44.3 Å². The fourth-order valence-corrected chi connectivity index (χ4v) is 4.80. The first-order valence-electron chi connectivity index (χ1n) is 12.0. The third-order valence-corrected chi connectivity index (χ3v) is 6.67. The lowest BCUT2D eigenvalue weighted by Crippen LogP contribution is -2.49. The summed E-state index contributed by atoms with van der Waals surface area (Å²) in [4.78, 5) is 27.9. The number of ether oxygens (including phenoxy) is 1. The number of carbonyl (C=O) groups excluding carboxylic acids is 2. The highest BCUT2D eigenvalue weighted by Gasteiger charge is 2.31. The van der Waals surface area contributed by atoms with Crippen LogP contribution in [0.3, 0.4) is 0 Å². The molecule has 2 atom stereocenters. The van der Waals surface area contributed by atoms with Gasteiger partial charge in [0.15, 0.2) is 0 Å². The molecule has 188 valence electrons. The van der Waals surface area contributed by atoms with Gasteiger partial charge in [-0.3, -0.25) is 9.59 Å². The van der Waals surface area contributed by atoms with Crippen LogP contribution < -0.4 is 20.3 Å². The number of halogens is 1. The molecule has 0 bridgehead atoms. The summed E-state index contributed by atoms with van der Waals surface area (Å²) in [7, 11) is 0. The largest absolute Gasteiger partial charge is 0.493 e. The Balaban J connectivity index is 0.00000304. The van der Waals surface area contributed by atoms with Crippen LogP contribution in [0.2, 0.25) is 0 Å². The summed E-state index contributed by atoms with van der Waals surface area (Å²) in [6.45, 7) is 3.39. The number of anilines is 1. The second-order valence-corrected chi connectivity index (χ2v) is 8.90. The standard InChI is InChI=1S/C28H29N3O4.ClH/c1-2-35-26-14-22-20(17-31(28(22)34)21-10-4-3-5-11-21)12-23(26)27(33)30-16-25(32)24-13-18-8-6-7-9-19(18)15-29-24;/h3-12,14,24-25,29,32H,2,13,15-17H2,1H3,(H,30,33);1H/t24-,25+;/m0./s1. The van der Waals surface area contributed by atoms with Crippen LogP contribution in [0, 0.1) is 0 Å². The van der Waals surface area contributed by atoms with Crippen molar-refractivity contribution in [3.63, 3.8) is 0 Å². The first-order chi connectivity index (χ1) is 17.0. The fourth-order valence-electron chi connectivity index (χ4n) is 4.80. The number of carbonyl (C=O) groups is 2. The minimum Gasteiger partial charge on any atom is -0.493 e. The van der Waals surface area contributed by atoms with Gasteiger partial charge in [0, 0.05) is 30.4 Å². The van der Waals surface area contributed by atoms with Crippen molar-refractivity contribution in [2.45, 2.75) is 38.6 Å². The van der Waals surface area contributed by atoms with Gasteiger partial charge in [-0.2, -0.15) is 0 Å². The lowest BCUT2D eigenvalue weighted by molar-refractivity contribution is 0.0866. The summed E-state index contributed by atoms with van der Waals surface area (Å²) in [6.07, 6.45) is -0.0411. The van der Waals surface area contributed by atoms with Crippen molar-refractivity contribution in [3.05, 3.63) is 94.5 Å². The van der Waals surface area contributed by atoms with E-state index in [4.69, 9.17) is 4.74 Å². The van der Waals surface area contributed by atoms with Crippen LogP contribution >= 0.6 is 12.4 Å². The van der Waals surface area contributed by atoms with E-state index in [1.807, 2.05) is 49.4 Å². The van der Waals surface area contributed by atoms with E-state index in [2.05, 4.69) is 22.8 Å². The van der Waals surface area contributed by atoms with Gasteiger partial charge >= 0.3 is 0 Å². The van der Waals surface area contributed by atoms with E-state index in [0.29, 0.717) is 43.0 Å². The predicted molar refractivity (Wildman–Crippen MR) is 141 cm³/mol. The van der Waals surface area contributed by atoms with Crippen LogP contribution in [0.25, 0.3) is 0 Å². The Bertz CT molecular complexity index is 1250. The van der Waals surface area contributed by atoms with Gasteiger partial charge in [0.2, 0.25) is 0 Å². The fraction of sp³-hybridized carbons (Fsp3) is 0.286. The van der Waals surface area contributed by atoms with Gasteiger partial charge in [-0.05, 0) is 54.3 Å². The van der Waals surface area contributed by atoms with Crippen molar-refractivity contribution in [2.75, 3.05) is 18.1 Å². The highest BCUT2D eigenvalue weighted by molar-refractivity contribution is 6.11. The highest BCUT2D eigenvalue weighted by Crippen LogP contribution is 2.33. The van der Waals surface area contributed by atoms with E-state index in [0.717, 1.165) is 11.3 Å². The molecule has 0 aliphatic carbocycles. The van der Waals surface area contributed by atoms with E-state index in [1.165, 1.54) is 11.1 Å². The molecule has 36 heavy (non-hydrogen) atoms. The molecule has 5 rings (SSSR count). The first kappa shape index (κ1) is 25.7. The van der Waals surface area contributed by atoms with Crippen molar-refractivity contribution in [3.8, 4) is 5.75 Å². The number of aliphatic hydroxyl groups is 1. The molecular weight excluding hydrogens is 478 g/mol. The SMILES string of the molecule is CCOc1cc2c(cc1C(=O)NC[C@@H](O)[C@@H]1Cc3ccccc3CN1)CN(c1ccccc1)C2=O.Cl. The van der Waals surface area contributed by atoms with E-state index >= 15 is 0 Å². The number of nitrogens with one attached hydrogen (secondary N) is 2. The Morgan fingerprint density at radius 2 is 1.83 bits per heavy atom.